The Balaban J connectivity index is 0.000000201. The van der Waals surface area contributed by atoms with E-state index in [9.17, 15) is 18.4 Å². The summed E-state index contributed by atoms with van der Waals surface area (Å²) in [6, 6.07) is 6.69. The first-order chi connectivity index (χ1) is 28.1. The molecule has 6 heterocycles. The van der Waals surface area contributed by atoms with Crippen molar-refractivity contribution < 1.29 is 41.7 Å². The number of anilines is 1. The van der Waals surface area contributed by atoms with Gasteiger partial charge >= 0.3 is 5.69 Å². The number of nitrogens with zero attached hydrogens (tertiary/aromatic N) is 4. The van der Waals surface area contributed by atoms with Crippen LogP contribution in [0.4, 0.5) is 19.0 Å². The largest absolute Gasteiger partial charge is 0.497 e. The van der Waals surface area contributed by atoms with Gasteiger partial charge in [0.2, 0.25) is 0 Å². The van der Waals surface area contributed by atoms with Gasteiger partial charge in [-0.15, -0.1) is 6.42 Å². The van der Waals surface area contributed by atoms with E-state index in [2.05, 4.69) is 42.7 Å². The molecule has 2 N–H and O–H groups in total. The normalized spacial score (nSPS) is 22.2. The summed E-state index contributed by atoms with van der Waals surface area (Å²) in [5.41, 5.74) is -0.228. The molecule has 4 aliphatic heterocycles. The highest BCUT2D eigenvalue weighted by atomic mass is 19.1. The Morgan fingerprint density at radius 3 is 2.43 bits per heavy atom. The highest BCUT2D eigenvalue weighted by molar-refractivity contribution is 6.03. The van der Waals surface area contributed by atoms with Crippen LogP contribution in [0.15, 0.2) is 35.3 Å². The van der Waals surface area contributed by atoms with Gasteiger partial charge in [-0.25, -0.2) is 18.0 Å². The second-order valence-corrected chi connectivity index (χ2v) is 15.0. The molecule has 2 aromatic heterocycles. The molecule has 58 heavy (non-hydrogen) atoms. The van der Waals surface area contributed by atoms with Gasteiger partial charge in [0, 0.05) is 61.5 Å². The third-order valence-corrected chi connectivity index (χ3v) is 11.1. The molecule has 4 aromatic rings. The third kappa shape index (κ3) is 9.90. The average Bonchev–Trinajstić information content (AvgIpc) is 3.85. The van der Waals surface area contributed by atoms with Crippen molar-refractivity contribution in [1.29, 1.82) is 0 Å². The summed E-state index contributed by atoms with van der Waals surface area (Å²) >= 11 is 0. The van der Waals surface area contributed by atoms with Crippen molar-refractivity contribution in [2.75, 3.05) is 84.9 Å². The number of H-pyrrole nitrogens is 1. The second kappa shape index (κ2) is 19.8. The maximum absolute atomic E-state index is 16.1. The number of halogens is 3. The minimum Gasteiger partial charge on any atom is -0.497 e. The molecule has 2 aromatic carbocycles. The molecule has 4 fully saturated rings. The number of methoxy groups -OCH3 is 2. The molecule has 4 saturated heterocycles. The van der Waals surface area contributed by atoms with Crippen molar-refractivity contribution in [2.45, 2.75) is 62.8 Å². The fourth-order valence-corrected chi connectivity index (χ4v) is 8.35. The number of nitrogens with one attached hydrogen (secondary N) is 2. The molecule has 312 valence electrons. The number of hydrogen-bond donors (Lipinski definition) is 2. The highest BCUT2D eigenvalue weighted by Gasteiger charge is 2.44. The average molecular weight is 809 g/mol. The standard InChI is InChI=1S/C26H21F2N5O2.C8H14FN.C8H16O5/c1-3-17-20(27)7-4-13-8-16(35-2)9-18(21(13)17)23-22(28)24-19(10-29-23)25(32-26(34)31-24)33-11-14-5-6-15(12-33)30-14;1-8-3-2-4-10(8)6-7(9)5-8;1-10-2-3-11-4-5-12-6-7-13-8-9/h1,4,7-10,14-15,30H,5-6,11-12H2,2H3,(H,31,32,34);7H,2-6H2,1H3;8H,2-7H2,1H3/t;7-,8+;/m.1./s1. The first-order valence-electron chi connectivity index (χ1n) is 19.5. The molecule has 0 saturated carbocycles. The summed E-state index contributed by atoms with van der Waals surface area (Å²) in [6.45, 7) is 8.67. The van der Waals surface area contributed by atoms with Crippen LogP contribution < -0.4 is 20.6 Å². The van der Waals surface area contributed by atoms with Crippen molar-refractivity contribution in [3.05, 3.63) is 58.1 Å². The van der Waals surface area contributed by atoms with Crippen LogP contribution in [0.3, 0.4) is 0 Å². The van der Waals surface area contributed by atoms with Gasteiger partial charge in [0.15, 0.2) is 5.82 Å². The summed E-state index contributed by atoms with van der Waals surface area (Å²) in [7, 11) is 3.10. The quantitative estimate of drug-likeness (QED) is 0.109. The van der Waals surface area contributed by atoms with Gasteiger partial charge in [-0.2, -0.15) is 4.98 Å². The number of benzene rings is 2. The van der Waals surface area contributed by atoms with Crippen LogP contribution in [0.1, 0.15) is 44.6 Å². The number of aromatic amines is 1. The van der Waals surface area contributed by atoms with Crippen LogP contribution in [0.5, 0.6) is 5.75 Å². The Hall–Kier alpha value is -4.79. The fourth-order valence-electron chi connectivity index (χ4n) is 8.35. The van der Waals surface area contributed by atoms with Crippen molar-refractivity contribution in [3.8, 4) is 29.4 Å². The van der Waals surface area contributed by atoms with Gasteiger partial charge in [-0.1, -0.05) is 12.0 Å². The smallest absolute Gasteiger partial charge is 0.347 e. The minimum absolute atomic E-state index is 0.00153. The first kappa shape index (κ1) is 42.8. The first-order valence-corrected chi connectivity index (χ1v) is 19.5. The molecular formula is C42H51F3N6O7. The van der Waals surface area contributed by atoms with E-state index in [4.69, 9.17) is 25.4 Å². The number of alkyl halides is 1. The molecule has 0 amide bonds. The number of carbonyl (C=O) groups excluding carboxylic acids is 1. The maximum Gasteiger partial charge on any atom is 0.347 e. The van der Waals surface area contributed by atoms with E-state index >= 15 is 4.39 Å². The molecule has 13 nitrogen and oxygen atoms in total. The van der Waals surface area contributed by atoms with Crippen LogP contribution in [0.2, 0.25) is 0 Å². The predicted molar refractivity (Wildman–Crippen MR) is 214 cm³/mol. The molecule has 4 aliphatic rings. The lowest BCUT2D eigenvalue weighted by Gasteiger charge is -2.34. The van der Waals surface area contributed by atoms with Gasteiger partial charge in [0.05, 0.1) is 56.6 Å². The Morgan fingerprint density at radius 1 is 1.03 bits per heavy atom. The van der Waals surface area contributed by atoms with E-state index in [1.54, 1.807) is 25.3 Å². The van der Waals surface area contributed by atoms with Crippen molar-refractivity contribution in [1.82, 2.24) is 25.2 Å². The summed E-state index contributed by atoms with van der Waals surface area (Å²) in [6.07, 6.45) is 11.9. The molecule has 0 spiro atoms. The lowest BCUT2D eigenvalue weighted by molar-refractivity contribution is -0.130. The topological polar surface area (TPSA) is 140 Å². The number of hydrogen-bond acceptors (Lipinski definition) is 12. The molecular weight excluding hydrogens is 757 g/mol. The van der Waals surface area contributed by atoms with Gasteiger partial charge < -0.3 is 38.9 Å². The fraction of sp³-hybridized carbons (Fsp3) is 0.524. The summed E-state index contributed by atoms with van der Waals surface area (Å²) < 4.78 is 68.3. The van der Waals surface area contributed by atoms with Crippen LogP contribution in [-0.2, 0) is 23.7 Å². The number of aromatic nitrogens is 3. The minimum atomic E-state index is -0.747. The lowest BCUT2D eigenvalue weighted by atomic mass is 9.95. The summed E-state index contributed by atoms with van der Waals surface area (Å²) in [5.74, 6) is 1.87. The molecule has 16 heteroatoms. The molecule has 2 bridgehead atoms. The number of rotatable bonds is 13. The lowest BCUT2D eigenvalue weighted by Crippen LogP contribution is -2.51. The van der Waals surface area contributed by atoms with Crippen molar-refractivity contribution in [2.24, 2.45) is 0 Å². The highest BCUT2D eigenvalue weighted by Crippen LogP contribution is 2.40. The zero-order valence-corrected chi connectivity index (χ0v) is 33.2. The summed E-state index contributed by atoms with van der Waals surface area (Å²) in [4.78, 5) is 37.6. The van der Waals surface area contributed by atoms with Crippen LogP contribution >= 0.6 is 0 Å². The van der Waals surface area contributed by atoms with Gasteiger partial charge in [-0.05, 0) is 69.2 Å². The Labute approximate surface area is 335 Å². The van der Waals surface area contributed by atoms with Gasteiger partial charge in [-0.3, -0.25) is 14.7 Å². The monoisotopic (exact) mass is 808 g/mol. The van der Waals surface area contributed by atoms with E-state index in [-0.39, 0.29) is 27.9 Å². The van der Waals surface area contributed by atoms with Crippen LogP contribution in [0, 0.1) is 24.0 Å². The van der Waals surface area contributed by atoms with Crippen molar-refractivity contribution in [3.63, 3.8) is 0 Å². The predicted octanol–water partition coefficient (Wildman–Crippen LogP) is 4.77. The Bertz CT molecular complexity index is 2140. The third-order valence-electron chi connectivity index (χ3n) is 11.1. The van der Waals surface area contributed by atoms with Crippen LogP contribution in [0.25, 0.3) is 32.9 Å². The van der Waals surface area contributed by atoms with E-state index in [1.165, 1.54) is 32.2 Å². The zero-order chi connectivity index (χ0) is 41.2. The van der Waals surface area contributed by atoms with Crippen LogP contribution in [-0.4, -0.2) is 130 Å². The maximum atomic E-state index is 16.1. The number of fused-ring (bicyclic) bond motifs is 5. The molecule has 8 rings (SSSR count). The number of carbonyl (C=O) groups is 1. The molecule has 4 atom stereocenters. The van der Waals surface area contributed by atoms with Crippen molar-refractivity contribution >= 4 is 34.0 Å². The SMILES string of the molecule is C#Cc1c(F)ccc2cc(OC)cc(-c3ncc4c(N5CC6CCC(C5)N6)nc(=O)[nH]c4c3F)c12.COCCOCCOCCOC=O.C[C@@]12CCCN1C[C@H](F)C2. The Kier molecular flexibility index (Phi) is 14.6. The number of piperazine rings is 1. The zero-order valence-electron chi connectivity index (χ0n) is 33.2. The number of ether oxygens (including phenoxy) is 5. The number of pyridine rings is 1. The van der Waals surface area contributed by atoms with E-state index in [0.717, 1.165) is 25.8 Å². The second-order valence-electron chi connectivity index (χ2n) is 15.0. The Morgan fingerprint density at radius 2 is 1.76 bits per heavy atom. The van der Waals surface area contributed by atoms with Gasteiger partial charge in [0.25, 0.3) is 6.47 Å². The van der Waals surface area contributed by atoms with Gasteiger partial charge in [0.1, 0.15) is 35.9 Å². The summed E-state index contributed by atoms with van der Waals surface area (Å²) in [5, 5.41) is 4.86. The van der Waals surface area contributed by atoms with E-state index < -0.39 is 23.5 Å². The number of terminal acetylenes is 1. The van der Waals surface area contributed by atoms with E-state index in [1.807, 2.05) is 4.90 Å². The molecule has 2 unspecified atom stereocenters. The molecule has 0 aliphatic carbocycles. The van der Waals surface area contributed by atoms with E-state index in [0.29, 0.717) is 106 Å². The molecule has 0 radical (unpaired) electrons.